The second-order valence-corrected chi connectivity index (χ2v) is 8.48. The predicted octanol–water partition coefficient (Wildman–Crippen LogP) is 6.84. The van der Waals surface area contributed by atoms with Crippen LogP contribution < -0.4 is 5.32 Å². The quantitative estimate of drug-likeness (QED) is 0.187. The molecule has 0 bridgehead atoms. The van der Waals surface area contributed by atoms with Gasteiger partial charge >= 0.3 is 5.97 Å². The Bertz CT molecular complexity index is 612. The number of carbonyl (C=O) groups excluding carboxylic acids is 1. The maximum Gasteiger partial charge on any atom is 0.326 e. The second-order valence-electron chi connectivity index (χ2n) is 8.48. The van der Waals surface area contributed by atoms with Gasteiger partial charge in [0.25, 0.3) is 0 Å². The van der Waals surface area contributed by atoms with Crippen molar-refractivity contribution in [2.75, 3.05) is 0 Å². The molecule has 31 heavy (non-hydrogen) atoms. The number of allylic oxidation sites excluding steroid dienone is 2. The molecule has 174 valence electrons. The monoisotopic (exact) mass is 429 g/mol. The highest BCUT2D eigenvalue weighted by atomic mass is 16.4. The van der Waals surface area contributed by atoms with E-state index in [1.165, 1.54) is 57.8 Å². The first-order valence-corrected chi connectivity index (χ1v) is 12.3. The average Bonchev–Trinajstić information content (AvgIpc) is 2.76. The molecule has 0 heterocycles. The molecule has 1 aromatic carbocycles. The summed E-state index contributed by atoms with van der Waals surface area (Å²) in [5.41, 5.74) is 0.913. The van der Waals surface area contributed by atoms with E-state index >= 15 is 0 Å². The van der Waals surface area contributed by atoms with Gasteiger partial charge in [-0.05, 0) is 37.7 Å². The van der Waals surface area contributed by atoms with Gasteiger partial charge in [0.1, 0.15) is 6.04 Å². The van der Waals surface area contributed by atoms with E-state index in [2.05, 4.69) is 24.4 Å². The highest BCUT2D eigenvalue weighted by Gasteiger charge is 2.19. The van der Waals surface area contributed by atoms with Gasteiger partial charge in [0.05, 0.1) is 0 Å². The van der Waals surface area contributed by atoms with E-state index < -0.39 is 12.0 Å². The van der Waals surface area contributed by atoms with Crippen LogP contribution in [0.1, 0.15) is 102 Å². The topological polar surface area (TPSA) is 66.4 Å². The summed E-state index contributed by atoms with van der Waals surface area (Å²) < 4.78 is 0. The number of rotatable bonds is 19. The zero-order valence-corrected chi connectivity index (χ0v) is 19.5. The molecule has 4 nitrogen and oxygen atoms in total. The number of hydrogen-bond donors (Lipinski definition) is 2. The highest BCUT2D eigenvalue weighted by Crippen LogP contribution is 2.10. The first-order valence-electron chi connectivity index (χ1n) is 12.3. The Kier molecular flexibility index (Phi) is 16.2. The maximum atomic E-state index is 12.1. The molecule has 0 aliphatic heterocycles. The fraction of sp³-hybridized carbons (Fsp3) is 0.630. The van der Waals surface area contributed by atoms with Crippen molar-refractivity contribution in [1.82, 2.24) is 5.32 Å². The Morgan fingerprint density at radius 2 is 1.39 bits per heavy atom. The summed E-state index contributed by atoms with van der Waals surface area (Å²) in [7, 11) is 0. The molecule has 1 atom stereocenters. The third-order valence-electron chi connectivity index (χ3n) is 5.58. The summed E-state index contributed by atoms with van der Waals surface area (Å²) in [5, 5.41) is 12.0. The molecule has 0 unspecified atom stereocenters. The molecule has 1 aromatic rings. The summed E-state index contributed by atoms with van der Waals surface area (Å²) in [5.74, 6) is -1.15. The lowest BCUT2D eigenvalue weighted by atomic mass is 10.1. The number of aliphatic carboxylic acids is 1. The number of hydrogen-bond acceptors (Lipinski definition) is 2. The van der Waals surface area contributed by atoms with Gasteiger partial charge in [-0.15, -0.1) is 0 Å². The van der Waals surface area contributed by atoms with Crippen LogP contribution in [0.2, 0.25) is 0 Å². The van der Waals surface area contributed by atoms with Crippen LogP contribution >= 0.6 is 0 Å². The second kappa shape index (κ2) is 18.7. The lowest BCUT2D eigenvalue weighted by Gasteiger charge is -2.14. The van der Waals surface area contributed by atoms with Crippen LogP contribution in [0, 0.1) is 0 Å². The van der Waals surface area contributed by atoms with Gasteiger partial charge in [-0.2, -0.15) is 0 Å². The fourth-order valence-corrected chi connectivity index (χ4v) is 3.67. The van der Waals surface area contributed by atoms with Crippen LogP contribution in [0.5, 0.6) is 0 Å². The molecule has 0 fully saturated rings. The number of amides is 1. The largest absolute Gasteiger partial charge is 0.480 e. The average molecular weight is 430 g/mol. The Balaban J connectivity index is 2.00. The van der Waals surface area contributed by atoms with E-state index in [0.717, 1.165) is 31.2 Å². The van der Waals surface area contributed by atoms with Gasteiger partial charge in [-0.1, -0.05) is 101 Å². The number of nitrogens with one attached hydrogen (secondary N) is 1. The molecule has 0 saturated carbocycles. The van der Waals surface area contributed by atoms with Crippen LogP contribution in [-0.4, -0.2) is 23.0 Å². The zero-order chi connectivity index (χ0) is 22.6. The molecule has 0 aromatic heterocycles. The Morgan fingerprint density at radius 1 is 0.839 bits per heavy atom. The highest BCUT2D eigenvalue weighted by molar-refractivity contribution is 5.83. The van der Waals surface area contributed by atoms with Crippen molar-refractivity contribution in [3.05, 3.63) is 48.0 Å². The Hall–Kier alpha value is -2.10. The molecule has 4 heteroatoms. The summed E-state index contributed by atoms with van der Waals surface area (Å²) in [4.78, 5) is 23.5. The molecular formula is C27H43NO3. The minimum atomic E-state index is -0.984. The lowest BCUT2D eigenvalue weighted by molar-refractivity contribution is -0.141. The summed E-state index contributed by atoms with van der Waals surface area (Å²) in [6, 6.07) is 8.55. The summed E-state index contributed by atoms with van der Waals surface area (Å²) in [6.45, 7) is 2.25. The predicted molar refractivity (Wildman–Crippen MR) is 129 cm³/mol. The molecule has 0 radical (unpaired) electrons. The van der Waals surface area contributed by atoms with Gasteiger partial charge in [-0.25, -0.2) is 4.79 Å². The zero-order valence-electron chi connectivity index (χ0n) is 19.5. The first-order chi connectivity index (χ1) is 15.1. The van der Waals surface area contributed by atoms with E-state index in [1.54, 1.807) is 0 Å². The molecule has 1 amide bonds. The van der Waals surface area contributed by atoms with Gasteiger partial charge in [0.15, 0.2) is 0 Å². The van der Waals surface area contributed by atoms with Gasteiger partial charge in [0.2, 0.25) is 5.91 Å². The number of benzene rings is 1. The van der Waals surface area contributed by atoms with Crippen LogP contribution in [-0.2, 0) is 16.0 Å². The fourth-order valence-electron chi connectivity index (χ4n) is 3.67. The first kappa shape index (κ1) is 26.9. The molecular weight excluding hydrogens is 386 g/mol. The Morgan fingerprint density at radius 3 is 1.97 bits per heavy atom. The molecule has 0 spiro atoms. The maximum absolute atomic E-state index is 12.1. The Labute approximate surface area is 189 Å². The molecule has 0 saturated heterocycles. The van der Waals surface area contributed by atoms with E-state index in [1.807, 2.05) is 30.3 Å². The lowest BCUT2D eigenvalue weighted by Crippen LogP contribution is -2.42. The van der Waals surface area contributed by atoms with Gasteiger partial charge in [0, 0.05) is 12.8 Å². The third kappa shape index (κ3) is 15.4. The smallest absolute Gasteiger partial charge is 0.326 e. The molecule has 2 N–H and O–H groups in total. The standard InChI is InChI=1S/C27H43NO3/c1-2-3-4-5-6-7-8-9-10-11-12-13-14-15-19-22-26(29)28-25(27(30)31)23-24-20-17-16-18-21-24/h9-10,16-18,20-21,25H,2-8,11-15,19,22-23H2,1H3,(H,28,29)(H,30,31)/b10-9-/t25-/m1/s1. The SMILES string of the molecule is CCCCCCCC/C=C\CCCCCCCC(=O)N[C@H](Cc1ccccc1)C(=O)O. The molecule has 1 rings (SSSR count). The van der Waals surface area contributed by atoms with E-state index in [9.17, 15) is 14.7 Å². The van der Waals surface area contributed by atoms with Crippen LogP contribution in [0.25, 0.3) is 0 Å². The van der Waals surface area contributed by atoms with Gasteiger partial charge in [-0.3, -0.25) is 4.79 Å². The van der Waals surface area contributed by atoms with Gasteiger partial charge < -0.3 is 10.4 Å². The minimum absolute atomic E-state index is 0.166. The van der Waals surface area contributed by atoms with Crippen molar-refractivity contribution >= 4 is 11.9 Å². The number of carboxylic acids is 1. The molecule has 0 aliphatic rings. The normalized spacial score (nSPS) is 12.2. The van der Waals surface area contributed by atoms with E-state index in [0.29, 0.717) is 12.8 Å². The number of unbranched alkanes of at least 4 members (excludes halogenated alkanes) is 11. The van der Waals surface area contributed by atoms with E-state index in [-0.39, 0.29) is 5.91 Å². The van der Waals surface area contributed by atoms with Crippen molar-refractivity contribution in [2.45, 2.75) is 109 Å². The van der Waals surface area contributed by atoms with Crippen LogP contribution in [0.15, 0.2) is 42.5 Å². The summed E-state index contributed by atoms with van der Waals surface area (Å²) in [6.07, 6.45) is 21.2. The number of carboxylic acid groups (broad SMARTS) is 1. The minimum Gasteiger partial charge on any atom is -0.480 e. The van der Waals surface area contributed by atoms with Crippen LogP contribution in [0.4, 0.5) is 0 Å². The van der Waals surface area contributed by atoms with Crippen molar-refractivity contribution in [1.29, 1.82) is 0 Å². The van der Waals surface area contributed by atoms with Crippen molar-refractivity contribution in [3.63, 3.8) is 0 Å². The van der Waals surface area contributed by atoms with Crippen molar-refractivity contribution in [2.24, 2.45) is 0 Å². The van der Waals surface area contributed by atoms with Crippen molar-refractivity contribution < 1.29 is 14.7 Å². The third-order valence-corrected chi connectivity index (χ3v) is 5.58. The van der Waals surface area contributed by atoms with Crippen LogP contribution in [0.3, 0.4) is 0 Å². The summed E-state index contributed by atoms with van der Waals surface area (Å²) >= 11 is 0. The van der Waals surface area contributed by atoms with Crippen molar-refractivity contribution in [3.8, 4) is 0 Å². The number of carbonyl (C=O) groups is 2. The molecule has 0 aliphatic carbocycles. The van der Waals surface area contributed by atoms with E-state index in [4.69, 9.17) is 0 Å².